The van der Waals surface area contributed by atoms with Crippen molar-refractivity contribution in [3.05, 3.63) is 88.3 Å². The maximum absolute atomic E-state index is 14.1. The molecular weight excluding hydrogens is 276 g/mol. The maximum atomic E-state index is 14.1. The molecule has 21 heavy (non-hydrogen) atoms. The van der Waals surface area contributed by atoms with Gasteiger partial charge < -0.3 is 0 Å². The van der Waals surface area contributed by atoms with Gasteiger partial charge in [-0.1, -0.05) is 36.4 Å². The molecule has 2 atom stereocenters. The Labute approximate surface area is 120 Å². The van der Waals surface area contributed by atoms with Crippen LogP contribution in [0.25, 0.3) is 6.08 Å². The summed E-state index contributed by atoms with van der Waals surface area (Å²) in [6.07, 6.45) is 8.05. The van der Waals surface area contributed by atoms with E-state index in [9.17, 15) is 18.9 Å². The minimum Gasteiger partial charge on any atom is -0.261 e. The maximum Gasteiger partial charge on any atom is 0.398 e. The Balaban J connectivity index is 2.30. The van der Waals surface area contributed by atoms with E-state index in [4.69, 9.17) is 0 Å². The lowest BCUT2D eigenvalue weighted by Crippen LogP contribution is -2.31. The molecule has 0 saturated carbocycles. The molecule has 0 heterocycles. The van der Waals surface area contributed by atoms with Crippen molar-refractivity contribution in [1.82, 2.24) is 0 Å². The topological polar surface area (TPSA) is 43.1 Å². The van der Waals surface area contributed by atoms with E-state index in [1.165, 1.54) is 18.2 Å². The third-order valence-electron chi connectivity index (χ3n) is 3.16. The smallest absolute Gasteiger partial charge is 0.261 e. The van der Waals surface area contributed by atoms with Gasteiger partial charge in [0, 0.05) is 18.1 Å². The third kappa shape index (κ3) is 3.31. The van der Waals surface area contributed by atoms with Crippen LogP contribution in [0, 0.1) is 21.8 Å². The van der Waals surface area contributed by atoms with Crippen molar-refractivity contribution in [1.29, 1.82) is 0 Å². The molecule has 5 heteroatoms. The van der Waals surface area contributed by atoms with E-state index < -0.39 is 10.7 Å². The first-order chi connectivity index (χ1) is 9.94. The lowest BCUT2D eigenvalue weighted by atomic mass is 9.90. The molecule has 3 nitrogen and oxygen atoms in total. The van der Waals surface area contributed by atoms with Gasteiger partial charge in [0.1, 0.15) is 5.82 Å². The molecule has 0 saturated heterocycles. The van der Waals surface area contributed by atoms with Crippen LogP contribution in [0.3, 0.4) is 0 Å². The van der Waals surface area contributed by atoms with Crippen molar-refractivity contribution in [3.8, 4) is 0 Å². The van der Waals surface area contributed by atoms with Gasteiger partial charge in [-0.25, -0.2) is 4.39 Å². The lowest BCUT2D eigenvalue weighted by molar-refractivity contribution is -0.573. The number of rotatable bonds is 4. The van der Waals surface area contributed by atoms with Crippen molar-refractivity contribution in [2.75, 3.05) is 0 Å². The third-order valence-corrected chi connectivity index (χ3v) is 3.16. The normalized spacial score (nSPS) is 24.9. The van der Waals surface area contributed by atoms with Crippen LogP contribution in [0.4, 0.5) is 8.78 Å². The first-order valence-electron chi connectivity index (χ1n) is 6.26. The first kappa shape index (κ1) is 14.8. The first-order valence-corrected chi connectivity index (χ1v) is 6.26. The van der Waals surface area contributed by atoms with Gasteiger partial charge in [-0.05, 0) is 23.3 Å². The molecule has 2 rings (SSSR count). The Morgan fingerprint density at radius 1 is 1.29 bits per heavy atom. The molecule has 1 aliphatic carbocycles. The molecule has 0 bridgehead atoms. The second-order valence-corrected chi connectivity index (χ2v) is 4.63. The number of hydrogen-bond acceptors (Lipinski definition) is 2. The van der Waals surface area contributed by atoms with Gasteiger partial charge in [-0.15, -0.1) is 6.58 Å². The Morgan fingerprint density at radius 2 is 1.95 bits per heavy atom. The summed E-state index contributed by atoms with van der Waals surface area (Å²) in [5, 5.41) is 10.8. The quantitative estimate of drug-likeness (QED) is 0.363. The van der Waals surface area contributed by atoms with Gasteiger partial charge in [0.15, 0.2) is 0 Å². The molecule has 1 aromatic carbocycles. The molecule has 0 spiro atoms. The summed E-state index contributed by atoms with van der Waals surface area (Å²) >= 11 is 0. The van der Waals surface area contributed by atoms with Crippen LogP contribution in [0.2, 0.25) is 0 Å². The fourth-order valence-corrected chi connectivity index (χ4v) is 1.98. The van der Waals surface area contributed by atoms with Crippen LogP contribution in [-0.4, -0.2) is 10.7 Å². The number of hydrogen-bond donors (Lipinski definition) is 0. The summed E-state index contributed by atoms with van der Waals surface area (Å²) in [4.78, 5) is 9.78. The highest BCUT2D eigenvalue weighted by molar-refractivity contribution is 5.55. The minimum atomic E-state index is -2.71. The van der Waals surface area contributed by atoms with E-state index in [1.54, 1.807) is 30.4 Å². The molecule has 0 radical (unpaired) electrons. The van der Waals surface area contributed by atoms with Crippen LogP contribution >= 0.6 is 0 Å². The summed E-state index contributed by atoms with van der Waals surface area (Å²) in [7, 11) is 0. The van der Waals surface area contributed by atoms with E-state index in [2.05, 4.69) is 6.58 Å². The average molecular weight is 289 g/mol. The molecular formula is C16H13F2NO2. The van der Waals surface area contributed by atoms with Crippen molar-refractivity contribution < 1.29 is 13.7 Å². The number of nitro groups is 1. The molecule has 108 valence electrons. The van der Waals surface area contributed by atoms with Crippen LogP contribution in [0.15, 0.2) is 66.8 Å². The van der Waals surface area contributed by atoms with Crippen molar-refractivity contribution in [2.24, 2.45) is 5.92 Å². The van der Waals surface area contributed by atoms with Crippen LogP contribution in [0.1, 0.15) is 5.56 Å². The fourth-order valence-electron chi connectivity index (χ4n) is 1.98. The monoisotopic (exact) mass is 289 g/mol. The van der Waals surface area contributed by atoms with E-state index >= 15 is 0 Å². The van der Waals surface area contributed by atoms with E-state index in [1.807, 2.05) is 0 Å². The zero-order valence-electron chi connectivity index (χ0n) is 11.1. The molecule has 0 aromatic heterocycles. The van der Waals surface area contributed by atoms with E-state index in [-0.39, 0.29) is 11.7 Å². The molecule has 1 aliphatic rings. The predicted molar refractivity (Wildman–Crippen MR) is 77.2 cm³/mol. The number of alkyl halides is 1. The molecule has 2 unspecified atom stereocenters. The summed E-state index contributed by atoms with van der Waals surface area (Å²) in [5.74, 6) is -3.36. The summed E-state index contributed by atoms with van der Waals surface area (Å²) in [6, 6.07) is 5.72. The Morgan fingerprint density at radius 3 is 2.52 bits per heavy atom. The number of halogens is 2. The highest BCUT2D eigenvalue weighted by Gasteiger charge is 2.40. The molecule has 0 amide bonds. The van der Waals surface area contributed by atoms with Crippen molar-refractivity contribution in [3.63, 3.8) is 0 Å². The number of nitrogens with zero attached hydrogens (tertiary/aromatic N) is 1. The second kappa shape index (κ2) is 5.83. The van der Waals surface area contributed by atoms with Gasteiger partial charge >= 0.3 is 5.79 Å². The fraction of sp³-hybridized carbons (Fsp3) is 0.125. The van der Waals surface area contributed by atoms with Crippen LogP contribution < -0.4 is 0 Å². The average Bonchev–Trinajstić information content (AvgIpc) is 2.47. The Kier molecular flexibility index (Phi) is 4.12. The molecule has 0 aliphatic heterocycles. The molecule has 0 N–H and O–H groups in total. The highest BCUT2D eigenvalue weighted by Crippen LogP contribution is 2.30. The Bertz CT molecular complexity index is 647. The van der Waals surface area contributed by atoms with Crippen molar-refractivity contribution >= 4 is 6.08 Å². The Hall–Kier alpha value is -2.56. The SMILES string of the molecule is C=CC1C=CC(F)([N+](=O)[O-])C=C1/C=C/c1ccc(F)cc1. The minimum absolute atomic E-state index is 0.300. The van der Waals surface area contributed by atoms with Crippen molar-refractivity contribution in [2.45, 2.75) is 5.79 Å². The second-order valence-electron chi connectivity index (χ2n) is 4.63. The standard InChI is InChI=1S/C16H13F2NO2/c1-2-13-9-10-16(18,19(20)21)11-14(13)6-3-12-4-7-15(17)8-5-12/h2-11,13H,1H2/b6-3+. The highest BCUT2D eigenvalue weighted by atomic mass is 19.1. The zero-order chi connectivity index (χ0) is 15.5. The van der Waals surface area contributed by atoms with Gasteiger partial charge in [0.25, 0.3) is 0 Å². The predicted octanol–water partition coefficient (Wildman–Crippen LogP) is 4.08. The van der Waals surface area contributed by atoms with Gasteiger partial charge in [-0.3, -0.25) is 10.1 Å². The van der Waals surface area contributed by atoms with E-state index in [0.29, 0.717) is 11.1 Å². The van der Waals surface area contributed by atoms with Crippen LogP contribution in [0.5, 0.6) is 0 Å². The van der Waals surface area contributed by atoms with Gasteiger partial charge in [-0.2, -0.15) is 4.39 Å². The van der Waals surface area contributed by atoms with Gasteiger partial charge in [0.05, 0.1) is 4.92 Å². The number of allylic oxidation sites excluding steroid dienone is 4. The number of benzene rings is 1. The van der Waals surface area contributed by atoms with E-state index in [0.717, 1.165) is 12.2 Å². The zero-order valence-corrected chi connectivity index (χ0v) is 11.1. The van der Waals surface area contributed by atoms with Crippen LogP contribution in [-0.2, 0) is 0 Å². The lowest BCUT2D eigenvalue weighted by Gasteiger charge is -2.19. The summed E-state index contributed by atoms with van der Waals surface area (Å²) in [5.41, 5.74) is 1.14. The summed E-state index contributed by atoms with van der Waals surface area (Å²) < 4.78 is 26.9. The largest absolute Gasteiger partial charge is 0.398 e. The van der Waals surface area contributed by atoms with Gasteiger partial charge in [0.2, 0.25) is 0 Å². The molecule has 1 aromatic rings. The summed E-state index contributed by atoms with van der Waals surface area (Å²) in [6.45, 7) is 3.63. The molecule has 0 fully saturated rings.